The predicted octanol–water partition coefficient (Wildman–Crippen LogP) is 1.08. The normalized spacial score (nSPS) is 23.3. The molecule has 0 aromatic carbocycles. The molecule has 0 saturated heterocycles. The number of carbonyl (C=O) groups excluding carboxylic acids is 2. The van der Waals surface area contributed by atoms with Gasteiger partial charge in [0.25, 0.3) is 0 Å². The number of hydrogen-bond donors (Lipinski definition) is 0. The fourth-order valence-corrected chi connectivity index (χ4v) is 1.25. The fraction of sp³-hybridized carbons (Fsp3) is 0.556. The van der Waals surface area contributed by atoms with Gasteiger partial charge in [-0.2, -0.15) is 0 Å². The molecule has 12 heavy (non-hydrogen) atoms. The Morgan fingerprint density at radius 3 is 2.92 bits per heavy atom. The molecule has 3 heteroatoms. The van der Waals surface area contributed by atoms with Crippen LogP contribution in [0.4, 0.5) is 0 Å². The summed E-state index contributed by atoms with van der Waals surface area (Å²) in [5, 5.41) is 0. The van der Waals surface area contributed by atoms with Crippen molar-refractivity contribution in [2.24, 2.45) is 5.92 Å². The summed E-state index contributed by atoms with van der Waals surface area (Å²) >= 11 is 0. The van der Waals surface area contributed by atoms with E-state index in [1.165, 1.54) is 7.11 Å². The molecule has 0 bridgehead atoms. The SMILES string of the molecule is COC(=O)C1=C[C@@H](C)CCC1=O. The zero-order valence-electron chi connectivity index (χ0n) is 7.29. The van der Waals surface area contributed by atoms with Gasteiger partial charge in [0.2, 0.25) is 0 Å². The molecule has 0 heterocycles. The summed E-state index contributed by atoms with van der Waals surface area (Å²) in [7, 11) is 1.29. The monoisotopic (exact) mass is 168 g/mol. The zero-order valence-corrected chi connectivity index (χ0v) is 7.29. The minimum absolute atomic E-state index is 0.0973. The topological polar surface area (TPSA) is 43.4 Å². The average Bonchev–Trinajstić information content (AvgIpc) is 2.08. The summed E-state index contributed by atoms with van der Waals surface area (Å²) in [5.74, 6) is -0.302. The van der Waals surface area contributed by atoms with Crippen LogP contribution in [0.25, 0.3) is 0 Å². The lowest BCUT2D eigenvalue weighted by atomic mass is 9.91. The quantitative estimate of drug-likeness (QED) is 0.434. The van der Waals surface area contributed by atoms with E-state index in [9.17, 15) is 9.59 Å². The van der Waals surface area contributed by atoms with Gasteiger partial charge in [-0.25, -0.2) is 4.79 Å². The van der Waals surface area contributed by atoms with Crippen molar-refractivity contribution in [1.82, 2.24) is 0 Å². The van der Waals surface area contributed by atoms with Gasteiger partial charge in [0.1, 0.15) is 0 Å². The van der Waals surface area contributed by atoms with E-state index in [1.807, 2.05) is 6.92 Å². The lowest BCUT2D eigenvalue weighted by Gasteiger charge is -2.14. The first-order valence-corrected chi connectivity index (χ1v) is 3.98. The Morgan fingerprint density at radius 2 is 2.33 bits per heavy atom. The number of Topliss-reactive ketones (excluding diaryl/α,β-unsaturated/α-hetero) is 1. The van der Waals surface area contributed by atoms with Crippen LogP contribution in [0.2, 0.25) is 0 Å². The molecule has 0 amide bonds. The highest BCUT2D eigenvalue weighted by atomic mass is 16.5. The summed E-state index contributed by atoms with van der Waals surface area (Å²) in [5.41, 5.74) is 0.219. The Kier molecular flexibility index (Phi) is 2.63. The number of rotatable bonds is 1. The number of hydrogen-bond acceptors (Lipinski definition) is 3. The summed E-state index contributed by atoms with van der Waals surface area (Å²) in [6, 6.07) is 0. The number of carbonyl (C=O) groups is 2. The van der Waals surface area contributed by atoms with Crippen LogP contribution in [0.1, 0.15) is 19.8 Å². The maximum absolute atomic E-state index is 11.2. The minimum atomic E-state index is -0.508. The predicted molar refractivity (Wildman–Crippen MR) is 43.5 cm³/mol. The van der Waals surface area contributed by atoms with E-state index in [-0.39, 0.29) is 11.4 Å². The van der Waals surface area contributed by atoms with Gasteiger partial charge in [-0.3, -0.25) is 4.79 Å². The van der Waals surface area contributed by atoms with Crippen LogP contribution < -0.4 is 0 Å². The highest BCUT2D eigenvalue weighted by Crippen LogP contribution is 2.20. The standard InChI is InChI=1S/C9H12O3/c1-6-3-4-8(10)7(5-6)9(11)12-2/h5-6H,3-4H2,1-2H3/t6-/m0/s1. The van der Waals surface area contributed by atoms with Crippen molar-refractivity contribution in [3.8, 4) is 0 Å². The molecular weight excluding hydrogens is 156 g/mol. The molecule has 0 aromatic heterocycles. The first-order chi connectivity index (χ1) is 5.65. The second-order valence-electron chi connectivity index (χ2n) is 3.01. The molecule has 0 aliphatic heterocycles. The Bertz CT molecular complexity index is 240. The summed E-state index contributed by atoms with van der Waals surface area (Å²) in [6.45, 7) is 1.98. The molecule has 0 fully saturated rings. The maximum atomic E-state index is 11.2. The summed E-state index contributed by atoms with van der Waals surface area (Å²) in [4.78, 5) is 22.2. The van der Waals surface area contributed by atoms with Crippen LogP contribution >= 0.6 is 0 Å². The van der Waals surface area contributed by atoms with E-state index < -0.39 is 5.97 Å². The van der Waals surface area contributed by atoms with Crippen LogP contribution in [0.5, 0.6) is 0 Å². The maximum Gasteiger partial charge on any atom is 0.341 e. The van der Waals surface area contributed by atoms with Gasteiger partial charge in [0.05, 0.1) is 12.7 Å². The lowest BCUT2D eigenvalue weighted by molar-refractivity contribution is -0.138. The average molecular weight is 168 g/mol. The minimum Gasteiger partial charge on any atom is -0.465 e. The molecule has 3 nitrogen and oxygen atoms in total. The summed E-state index contributed by atoms with van der Waals surface area (Å²) in [6.07, 6.45) is 2.99. The number of ether oxygens (including phenoxy) is 1. The molecule has 0 spiro atoms. The van der Waals surface area contributed by atoms with E-state index in [4.69, 9.17) is 0 Å². The van der Waals surface area contributed by atoms with Crippen LogP contribution in [0.15, 0.2) is 11.6 Å². The Labute approximate surface area is 71.4 Å². The van der Waals surface area contributed by atoms with Crippen LogP contribution in [-0.4, -0.2) is 18.9 Å². The van der Waals surface area contributed by atoms with E-state index in [1.54, 1.807) is 6.08 Å². The molecule has 0 N–H and O–H groups in total. The second-order valence-corrected chi connectivity index (χ2v) is 3.01. The Balaban J connectivity index is 2.84. The van der Waals surface area contributed by atoms with Gasteiger partial charge >= 0.3 is 5.97 Å². The van der Waals surface area contributed by atoms with Gasteiger partial charge in [-0.1, -0.05) is 13.0 Å². The molecule has 0 radical (unpaired) electrons. The molecule has 0 unspecified atom stereocenters. The molecule has 1 aliphatic rings. The molecule has 1 atom stereocenters. The van der Waals surface area contributed by atoms with Crippen molar-refractivity contribution in [3.63, 3.8) is 0 Å². The summed E-state index contributed by atoms with van der Waals surface area (Å²) < 4.78 is 4.48. The third-order valence-electron chi connectivity index (χ3n) is 1.98. The van der Waals surface area contributed by atoms with Crippen LogP contribution in [0.3, 0.4) is 0 Å². The van der Waals surface area contributed by atoms with Crippen LogP contribution in [-0.2, 0) is 14.3 Å². The van der Waals surface area contributed by atoms with Crippen molar-refractivity contribution in [2.45, 2.75) is 19.8 Å². The first-order valence-electron chi connectivity index (χ1n) is 3.98. The highest BCUT2D eigenvalue weighted by molar-refractivity contribution is 6.17. The molecular formula is C9H12O3. The van der Waals surface area contributed by atoms with Gasteiger partial charge in [-0.05, 0) is 12.3 Å². The molecule has 0 saturated carbocycles. The van der Waals surface area contributed by atoms with E-state index in [0.29, 0.717) is 12.3 Å². The first kappa shape index (κ1) is 8.97. The number of allylic oxidation sites excluding steroid dienone is 1. The van der Waals surface area contributed by atoms with Gasteiger partial charge in [-0.15, -0.1) is 0 Å². The number of esters is 1. The second kappa shape index (κ2) is 3.52. The van der Waals surface area contributed by atoms with Crippen molar-refractivity contribution >= 4 is 11.8 Å². The number of methoxy groups -OCH3 is 1. The van der Waals surface area contributed by atoms with Crippen molar-refractivity contribution in [2.75, 3.05) is 7.11 Å². The lowest BCUT2D eigenvalue weighted by Crippen LogP contribution is -2.19. The number of ketones is 1. The molecule has 0 aromatic rings. The molecule has 66 valence electrons. The molecule has 1 aliphatic carbocycles. The van der Waals surface area contributed by atoms with E-state index >= 15 is 0 Å². The van der Waals surface area contributed by atoms with E-state index in [2.05, 4.69) is 4.74 Å². The van der Waals surface area contributed by atoms with Gasteiger partial charge in [0.15, 0.2) is 5.78 Å². The Morgan fingerprint density at radius 1 is 1.67 bits per heavy atom. The van der Waals surface area contributed by atoms with Crippen molar-refractivity contribution in [1.29, 1.82) is 0 Å². The third kappa shape index (κ3) is 1.72. The van der Waals surface area contributed by atoms with E-state index in [0.717, 1.165) is 6.42 Å². The third-order valence-corrected chi connectivity index (χ3v) is 1.98. The largest absolute Gasteiger partial charge is 0.465 e. The smallest absolute Gasteiger partial charge is 0.341 e. The highest BCUT2D eigenvalue weighted by Gasteiger charge is 2.23. The van der Waals surface area contributed by atoms with Gasteiger partial charge in [0, 0.05) is 6.42 Å². The fourth-order valence-electron chi connectivity index (χ4n) is 1.25. The zero-order chi connectivity index (χ0) is 9.14. The van der Waals surface area contributed by atoms with Crippen molar-refractivity contribution in [3.05, 3.63) is 11.6 Å². The van der Waals surface area contributed by atoms with Crippen LogP contribution in [0, 0.1) is 5.92 Å². The molecule has 1 rings (SSSR count). The van der Waals surface area contributed by atoms with Gasteiger partial charge < -0.3 is 4.74 Å². The van der Waals surface area contributed by atoms with Crippen molar-refractivity contribution < 1.29 is 14.3 Å². The Hall–Kier alpha value is -1.12.